The molecule has 0 aliphatic carbocycles. The Balaban J connectivity index is 1.73. The SMILES string of the molecule is NCC1CCN(C(=O)Cc2c[nH]c3ccccc23)C1. The van der Waals surface area contributed by atoms with Crippen LogP contribution >= 0.6 is 0 Å². The Kier molecular flexibility index (Phi) is 3.25. The molecule has 19 heavy (non-hydrogen) atoms. The fraction of sp³-hybridized carbons (Fsp3) is 0.400. The number of nitrogens with one attached hydrogen (secondary N) is 1. The number of amides is 1. The number of benzene rings is 1. The number of fused-ring (bicyclic) bond motifs is 1. The first-order valence-electron chi connectivity index (χ1n) is 6.80. The molecule has 1 aliphatic heterocycles. The van der Waals surface area contributed by atoms with Gasteiger partial charge in [0, 0.05) is 30.2 Å². The van der Waals surface area contributed by atoms with Gasteiger partial charge >= 0.3 is 0 Å². The predicted octanol–water partition coefficient (Wildman–Crippen LogP) is 1.52. The Hall–Kier alpha value is -1.81. The summed E-state index contributed by atoms with van der Waals surface area (Å²) in [5, 5.41) is 1.14. The molecule has 1 amide bonds. The summed E-state index contributed by atoms with van der Waals surface area (Å²) < 4.78 is 0. The van der Waals surface area contributed by atoms with Gasteiger partial charge in [-0.25, -0.2) is 0 Å². The van der Waals surface area contributed by atoms with Crippen LogP contribution in [0.4, 0.5) is 0 Å². The second-order valence-corrected chi connectivity index (χ2v) is 5.27. The van der Waals surface area contributed by atoms with Crippen LogP contribution < -0.4 is 5.73 Å². The molecule has 1 fully saturated rings. The van der Waals surface area contributed by atoms with Gasteiger partial charge in [0.1, 0.15) is 0 Å². The summed E-state index contributed by atoms with van der Waals surface area (Å²) in [7, 11) is 0. The van der Waals surface area contributed by atoms with Gasteiger partial charge in [-0.3, -0.25) is 4.79 Å². The number of aromatic amines is 1. The van der Waals surface area contributed by atoms with Crippen molar-refractivity contribution in [3.05, 3.63) is 36.0 Å². The minimum Gasteiger partial charge on any atom is -0.361 e. The number of nitrogens with zero attached hydrogens (tertiary/aromatic N) is 1. The zero-order valence-electron chi connectivity index (χ0n) is 10.9. The third kappa shape index (κ3) is 2.36. The minimum absolute atomic E-state index is 0.209. The summed E-state index contributed by atoms with van der Waals surface area (Å²) in [6.45, 7) is 2.34. The molecule has 0 bridgehead atoms. The Morgan fingerprint density at radius 1 is 1.42 bits per heavy atom. The number of carbonyl (C=O) groups excluding carboxylic acids is 1. The fourth-order valence-corrected chi connectivity index (χ4v) is 2.80. The Morgan fingerprint density at radius 2 is 2.26 bits per heavy atom. The van der Waals surface area contributed by atoms with Crippen molar-refractivity contribution in [3.63, 3.8) is 0 Å². The average molecular weight is 257 g/mol. The zero-order chi connectivity index (χ0) is 13.2. The molecule has 4 heteroatoms. The topological polar surface area (TPSA) is 62.1 Å². The molecular formula is C15H19N3O. The number of likely N-dealkylation sites (tertiary alicyclic amines) is 1. The maximum Gasteiger partial charge on any atom is 0.227 e. The number of para-hydroxylation sites is 1. The molecule has 1 aromatic heterocycles. The number of H-pyrrole nitrogens is 1. The second kappa shape index (κ2) is 5.05. The highest BCUT2D eigenvalue weighted by atomic mass is 16.2. The summed E-state index contributed by atoms with van der Waals surface area (Å²) in [6.07, 6.45) is 3.45. The molecule has 3 rings (SSSR count). The van der Waals surface area contributed by atoms with E-state index in [9.17, 15) is 4.79 Å². The van der Waals surface area contributed by atoms with Gasteiger partial charge in [0.25, 0.3) is 0 Å². The molecule has 1 unspecified atom stereocenters. The monoisotopic (exact) mass is 257 g/mol. The number of hydrogen-bond donors (Lipinski definition) is 2. The molecule has 3 N–H and O–H groups in total. The first-order valence-corrected chi connectivity index (χ1v) is 6.80. The van der Waals surface area contributed by atoms with Crippen molar-refractivity contribution in [2.45, 2.75) is 12.8 Å². The molecule has 4 nitrogen and oxygen atoms in total. The van der Waals surface area contributed by atoms with E-state index in [1.807, 2.05) is 29.3 Å². The highest BCUT2D eigenvalue weighted by molar-refractivity contribution is 5.88. The van der Waals surface area contributed by atoms with Crippen LogP contribution in [-0.2, 0) is 11.2 Å². The molecule has 100 valence electrons. The van der Waals surface area contributed by atoms with E-state index in [1.165, 1.54) is 0 Å². The van der Waals surface area contributed by atoms with Crippen LogP contribution in [0.25, 0.3) is 10.9 Å². The van der Waals surface area contributed by atoms with E-state index in [2.05, 4.69) is 11.1 Å². The van der Waals surface area contributed by atoms with Crippen LogP contribution in [0, 0.1) is 5.92 Å². The molecule has 1 aromatic carbocycles. The van der Waals surface area contributed by atoms with E-state index in [0.717, 1.165) is 36.0 Å². The van der Waals surface area contributed by atoms with E-state index in [4.69, 9.17) is 5.73 Å². The summed E-state index contributed by atoms with van der Waals surface area (Å²) in [5.74, 6) is 0.688. The number of rotatable bonds is 3. The Morgan fingerprint density at radius 3 is 3.05 bits per heavy atom. The van der Waals surface area contributed by atoms with Crippen LogP contribution in [-0.4, -0.2) is 35.4 Å². The van der Waals surface area contributed by atoms with Gasteiger partial charge < -0.3 is 15.6 Å². The van der Waals surface area contributed by atoms with Crippen molar-refractivity contribution in [1.82, 2.24) is 9.88 Å². The number of carbonyl (C=O) groups is 1. The standard InChI is InChI=1S/C15H19N3O/c16-8-11-5-6-18(10-11)15(19)7-12-9-17-14-4-2-1-3-13(12)14/h1-4,9,11,17H,5-8,10,16H2. The largest absolute Gasteiger partial charge is 0.361 e. The molecule has 1 aliphatic rings. The third-order valence-electron chi connectivity index (χ3n) is 3.99. The zero-order valence-corrected chi connectivity index (χ0v) is 10.9. The number of aromatic nitrogens is 1. The van der Waals surface area contributed by atoms with Gasteiger partial charge in [-0.05, 0) is 30.5 Å². The molecule has 0 radical (unpaired) electrons. The molecule has 2 aromatic rings. The van der Waals surface area contributed by atoms with Crippen molar-refractivity contribution >= 4 is 16.8 Å². The van der Waals surface area contributed by atoms with E-state index in [-0.39, 0.29) is 5.91 Å². The van der Waals surface area contributed by atoms with Gasteiger partial charge in [-0.15, -0.1) is 0 Å². The Labute approximate surface area is 112 Å². The first-order chi connectivity index (χ1) is 9.28. The van der Waals surface area contributed by atoms with Crippen molar-refractivity contribution in [2.75, 3.05) is 19.6 Å². The van der Waals surface area contributed by atoms with Gasteiger partial charge in [0.15, 0.2) is 0 Å². The van der Waals surface area contributed by atoms with E-state index in [0.29, 0.717) is 18.9 Å². The highest BCUT2D eigenvalue weighted by Gasteiger charge is 2.25. The van der Waals surface area contributed by atoms with Crippen LogP contribution in [0.5, 0.6) is 0 Å². The van der Waals surface area contributed by atoms with E-state index >= 15 is 0 Å². The fourth-order valence-electron chi connectivity index (χ4n) is 2.80. The lowest BCUT2D eigenvalue weighted by atomic mass is 10.1. The number of hydrogen-bond acceptors (Lipinski definition) is 2. The average Bonchev–Trinajstić information content (AvgIpc) is 3.06. The molecule has 1 saturated heterocycles. The lowest BCUT2D eigenvalue weighted by molar-refractivity contribution is -0.129. The van der Waals surface area contributed by atoms with Gasteiger partial charge in [0.2, 0.25) is 5.91 Å². The lowest BCUT2D eigenvalue weighted by Crippen LogP contribution is -2.31. The predicted molar refractivity (Wildman–Crippen MR) is 75.7 cm³/mol. The number of nitrogens with two attached hydrogens (primary N) is 1. The summed E-state index contributed by atoms with van der Waals surface area (Å²) in [6, 6.07) is 8.09. The van der Waals surface area contributed by atoms with Gasteiger partial charge in [-0.2, -0.15) is 0 Å². The third-order valence-corrected chi connectivity index (χ3v) is 3.99. The van der Waals surface area contributed by atoms with Crippen molar-refractivity contribution in [3.8, 4) is 0 Å². The Bertz CT molecular complexity index is 590. The summed E-state index contributed by atoms with van der Waals surface area (Å²) in [4.78, 5) is 17.4. The van der Waals surface area contributed by atoms with Crippen LogP contribution in [0.1, 0.15) is 12.0 Å². The highest BCUT2D eigenvalue weighted by Crippen LogP contribution is 2.21. The minimum atomic E-state index is 0.209. The molecule has 2 heterocycles. The normalized spacial score (nSPS) is 19.2. The molecule has 1 atom stereocenters. The van der Waals surface area contributed by atoms with Crippen molar-refractivity contribution < 1.29 is 4.79 Å². The molecule has 0 spiro atoms. The van der Waals surface area contributed by atoms with Gasteiger partial charge in [-0.1, -0.05) is 18.2 Å². The van der Waals surface area contributed by atoms with Crippen LogP contribution in [0.15, 0.2) is 30.5 Å². The maximum absolute atomic E-state index is 12.3. The second-order valence-electron chi connectivity index (χ2n) is 5.27. The summed E-state index contributed by atoms with van der Waals surface area (Å²) >= 11 is 0. The lowest BCUT2D eigenvalue weighted by Gasteiger charge is -2.15. The van der Waals surface area contributed by atoms with Crippen molar-refractivity contribution in [1.29, 1.82) is 0 Å². The van der Waals surface area contributed by atoms with Gasteiger partial charge in [0.05, 0.1) is 6.42 Å². The van der Waals surface area contributed by atoms with E-state index < -0.39 is 0 Å². The molecular weight excluding hydrogens is 238 g/mol. The van der Waals surface area contributed by atoms with Crippen molar-refractivity contribution in [2.24, 2.45) is 11.7 Å². The summed E-state index contributed by atoms with van der Waals surface area (Å²) in [5.41, 5.74) is 7.83. The van der Waals surface area contributed by atoms with E-state index in [1.54, 1.807) is 0 Å². The maximum atomic E-state index is 12.3. The quantitative estimate of drug-likeness (QED) is 0.875. The smallest absolute Gasteiger partial charge is 0.227 e. The van der Waals surface area contributed by atoms with Crippen LogP contribution in [0.3, 0.4) is 0 Å². The molecule has 0 saturated carbocycles. The van der Waals surface area contributed by atoms with Crippen LogP contribution in [0.2, 0.25) is 0 Å². The first kappa shape index (κ1) is 12.2.